The van der Waals surface area contributed by atoms with Gasteiger partial charge in [0.1, 0.15) is 5.76 Å². The molecule has 19 heavy (non-hydrogen) atoms. The van der Waals surface area contributed by atoms with Crippen molar-refractivity contribution in [3.63, 3.8) is 0 Å². The zero-order valence-electron chi connectivity index (χ0n) is 10.00. The van der Waals surface area contributed by atoms with E-state index in [4.69, 9.17) is 9.52 Å². The first-order valence-corrected chi connectivity index (χ1v) is 5.45. The van der Waals surface area contributed by atoms with E-state index in [-0.39, 0.29) is 36.2 Å². The van der Waals surface area contributed by atoms with Gasteiger partial charge in [0.2, 0.25) is 0 Å². The molecule has 102 valence electrons. The highest BCUT2D eigenvalue weighted by Gasteiger charge is 2.08. The van der Waals surface area contributed by atoms with Crippen molar-refractivity contribution in [2.45, 2.75) is 6.54 Å². The predicted molar refractivity (Wildman–Crippen MR) is 71.8 cm³/mol. The molecule has 1 aromatic heterocycles. The van der Waals surface area contributed by atoms with E-state index in [0.29, 0.717) is 12.1 Å². The highest BCUT2D eigenvalue weighted by molar-refractivity contribution is 5.98. The maximum absolute atomic E-state index is 11.8. The number of carbonyl (C=O) groups is 1. The number of hydrogen-bond acceptors (Lipinski definition) is 5. The molecule has 6 heteroatoms. The lowest BCUT2D eigenvalue weighted by Crippen LogP contribution is -2.22. The van der Waals surface area contributed by atoms with E-state index in [1.54, 1.807) is 12.3 Å². The Hall–Kier alpha value is -1.98. The summed E-state index contributed by atoms with van der Waals surface area (Å²) in [6.45, 7) is 0.591. The van der Waals surface area contributed by atoms with Crippen molar-refractivity contribution in [1.29, 1.82) is 0 Å². The third-order valence-electron chi connectivity index (χ3n) is 2.46. The van der Waals surface area contributed by atoms with Gasteiger partial charge in [-0.1, -0.05) is 0 Å². The molecule has 1 aromatic carbocycles. The molecule has 0 atom stereocenters. The van der Waals surface area contributed by atoms with Gasteiger partial charge in [-0.25, -0.2) is 0 Å². The number of Topliss-reactive ketones (excluding diaryl/α,β-unsaturated/α-hetero) is 1. The molecular formula is C13H14ClNO4. The maximum Gasteiger partial charge on any atom is 0.176 e. The number of furan rings is 1. The standard InChI is InChI=1S/C13H13NO4.ClH/c15-11-4-3-9(6-12(11)16)13(17)8-14-7-10-2-1-5-18-10;/h1-6,14-16H,7-8H2;1H. The van der Waals surface area contributed by atoms with Crippen molar-refractivity contribution in [3.8, 4) is 11.5 Å². The quantitative estimate of drug-likeness (QED) is 0.578. The third-order valence-corrected chi connectivity index (χ3v) is 2.46. The molecule has 3 N–H and O–H groups in total. The first-order chi connectivity index (χ1) is 8.66. The zero-order chi connectivity index (χ0) is 13.0. The molecule has 0 aliphatic carbocycles. The average molecular weight is 284 g/mol. The summed E-state index contributed by atoms with van der Waals surface area (Å²) >= 11 is 0. The molecule has 0 spiro atoms. The summed E-state index contributed by atoms with van der Waals surface area (Å²) in [4.78, 5) is 11.8. The number of halogens is 1. The third kappa shape index (κ3) is 4.01. The normalized spacial score (nSPS) is 9.89. The van der Waals surface area contributed by atoms with Crippen LogP contribution in [0, 0.1) is 0 Å². The molecule has 0 amide bonds. The molecular weight excluding hydrogens is 270 g/mol. The van der Waals surface area contributed by atoms with Crippen LogP contribution in [0.5, 0.6) is 11.5 Å². The average Bonchev–Trinajstić information content (AvgIpc) is 2.85. The molecule has 0 fully saturated rings. The second-order valence-corrected chi connectivity index (χ2v) is 3.81. The summed E-state index contributed by atoms with van der Waals surface area (Å²) < 4.78 is 5.11. The van der Waals surface area contributed by atoms with Crippen LogP contribution < -0.4 is 5.32 Å². The fourth-order valence-electron chi connectivity index (χ4n) is 1.51. The van der Waals surface area contributed by atoms with E-state index in [1.807, 2.05) is 6.07 Å². The summed E-state index contributed by atoms with van der Waals surface area (Å²) in [5.74, 6) is 0.0372. The topological polar surface area (TPSA) is 82.7 Å². The van der Waals surface area contributed by atoms with E-state index < -0.39 is 0 Å². The first-order valence-electron chi connectivity index (χ1n) is 5.45. The van der Waals surface area contributed by atoms with Crippen molar-refractivity contribution in [3.05, 3.63) is 47.9 Å². The molecule has 5 nitrogen and oxygen atoms in total. The highest BCUT2D eigenvalue weighted by atomic mass is 35.5. The second-order valence-electron chi connectivity index (χ2n) is 3.81. The minimum absolute atomic E-state index is 0. The lowest BCUT2D eigenvalue weighted by molar-refractivity contribution is 0.0990. The monoisotopic (exact) mass is 283 g/mol. The Morgan fingerprint density at radius 2 is 2.00 bits per heavy atom. The molecule has 0 aliphatic heterocycles. The van der Waals surface area contributed by atoms with Gasteiger partial charge in [0.15, 0.2) is 17.3 Å². The van der Waals surface area contributed by atoms with Gasteiger partial charge < -0.3 is 19.9 Å². The Morgan fingerprint density at radius 3 is 2.63 bits per heavy atom. The predicted octanol–water partition coefficient (Wildman–Crippen LogP) is 2.09. The Balaban J connectivity index is 0.00000180. The van der Waals surface area contributed by atoms with Crippen LogP contribution in [0.25, 0.3) is 0 Å². The maximum atomic E-state index is 11.8. The van der Waals surface area contributed by atoms with E-state index in [0.717, 1.165) is 5.76 Å². The van der Waals surface area contributed by atoms with Crippen LogP contribution in [-0.4, -0.2) is 22.5 Å². The molecule has 0 unspecified atom stereocenters. The molecule has 0 bridgehead atoms. The van der Waals surface area contributed by atoms with E-state index in [1.165, 1.54) is 18.2 Å². The number of benzene rings is 1. The van der Waals surface area contributed by atoms with Crippen molar-refractivity contribution >= 4 is 18.2 Å². The zero-order valence-corrected chi connectivity index (χ0v) is 10.8. The minimum atomic E-state index is -0.299. The number of phenols is 2. The number of nitrogens with one attached hydrogen (secondary N) is 1. The molecule has 1 heterocycles. The molecule has 2 aromatic rings. The van der Waals surface area contributed by atoms with Gasteiger partial charge in [0.05, 0.1) is 19.4 Å². The van der Waals surface area contributed by atoms with Gasteiger partial charge in [-0.15, -0.1) is 12.4 Å². The smallest absolute Gasteiger partial charge is 0.176 e. The summed E-state index contributed by atoms with van der Waals surface area (Å²) in [5, 5.41) is 21.4. The highest BCUT2D eigenvalue weighted by Crippen LogP contribution is 2.24. The van der Waals surface area contributed by atoms with Crippen molar-refractivity contribution in [1.82, 2.24) is 5.32 Å². The van der Waals surface area contributed by atoms with Crippen LogP contribution >= 0.6 is 12.4 Å². The lowest BCUT2D eigenvalue weighted by Gasteiger charge is -2.04. The summed E-state index contributed by atoms with van der Waals surface area (Å²) in [7, 11) is 0. The Morgan fingerprint density at radius 1 is 1.21 bits per heavy atom. The second kappa shape index (κ2) is 6.82. The minimum Gasteiger partial charge on any atom is -0.504 e. The molecule has 0 radical (unpaired) electrons. The molecule has 0 aliphatic rings. The fraction of sp³-hybridized carbons (Fsp3) is 0.154. The number of aromatic hydroxyl groups is 2. The molecule has 2 rings (SSSR count). The van der Waals surface area contributed by atoms with Crippen LogP contribution in [0.1, 0.15) is 16.1 Å². The largest absolute Gasteiger partial charge is 0.504 e. The number of phenolic OH excluding ortho intramolecular Hbond substituents is 2. The van der Waals surface area contributed by atoms with Crippen LogP contribution in [0.4, 0.5) is 0 Å². The SMILES string of the molecule is Cl.O=C(CNCc1ccco1)c1ccc(O)c(O)c1. The number of rotatable bonds is 5. The number of hydrogen-bond donors (Lipinski definition) is 3. The van der Waals surface area contributed by atoms with Gasteiger partial charge in [0, 0.05) is 5.56 Å². The van der Waals surface area contributed by atoms with Crippen LogP contribution in [0.3, 0.4) is 0 Å². The van der Waals surface area contributed by atoms with Crippen LogP contribution in [-0.2, 0) is 6.54 Å². The van der Waals surface area contributed by atoms with Gasteiger partial charge in [-0.05, 0) is 30.3 Å². The van der Waals surface area contributed by atoms with Crippen molar-refractivity contribution in [2.24, 2.45) is 0 Å². The number of carbonyl (C=O) groups excluding carboxylic acids is 1. The van der Waals surface area contributed by atoms with Crippen LogP contribution in [0.2, 0.25) is 0 Å². The number of ketones is 1. The summed E-state index contributed by atoms with van der Waals surface area (Å²) in [5.41, 5.74) is 0.345. The summed E-state index contributed by atoms with van der Waals surface area (Å²) in [6.07, 6.45) is 1.57. The molecule has 0 saturated carbocycles. The van der Waals surface area contributed by atoms with Crippen molar-refractivity contribution in [2.75, 3.05) is 6.54 Å². The Bertz CT molecular complexity index is 540. The molecule has 0 saturated heterocycles. The van der Waals surface area contributed by atoms with Gasteiger partial charge in [0.25, 0.3) is 0 Å². The van der Waals surface area contributed by atoms with E-state index in [2.05, 4.69) is 5.32 Å². The Kier molecular flexibility index (Phi) is 5.41. The van der Waals surface area contributed by atoms with E-state index >= 15 is 0 Å². The van der Waals surface area contributed by atoms with Crippen molar-refractivity contribution < 1.29 is 19.4 Å². The lowest BCUT2D eigenvalue weighted by atomic mass is 10.1. The van der Waals surface area contributed by atoms with Gasteiger partial charge in [-0.3, -0.25) is 4.79 Å². The first kappa shape index (κ1) is 15.1. The van der Waals surface area contributed by atoms with Gasteiger partial charge in [-0.2, -0.15) is 0 Å². The summed E-state index contributed by atoms with van der Waals surface area (Å²) in [6, 6.07) is 7.58. The van der Waals surface area contributed by atoms with Gasteiger partial charge >= 0.3 is 0 Å². The van der Waals surface area contributed by atoms with E-state index in [9.17, 15) is 9.90 Å². The van der Waals surface area contributed by atoms with Crippen LogP contribution in [0.15, 0.2) is 41.0 Å². The fourth-order valence-corrected chi connectivity index (χ4v) is 1.51. The Labute approximate surface area is 116 Å².